The Labute approximate surface area is 205 Å². The van der Waals surface area contributed by atoms with Crippen LogP contribution in [-0.4, -0.2) is 65.2 Å². The van der Waals surface area contributed by atoms with Gasteiger partial charge in [-0.3, -0.25) is 4.79 Å². The Kier molecular flexibility index (Phi) is 9.85. The largest absolute Gasteiger partial charge is 0.493 e. The van der Waals surface area contributed by atoms with Crippen LogP contribution in [0.4, 0.5) is 10.4 Å². The van der Waals surface area contributed by atoms with E-state index in [1.54, 1.807) is 19.1 Å². The number of rotatable bonds is 12. The van der Waals surface area contributed by atoms with Crippen molar-refractivity contribution in [2.45, 2.75) is 64.4 Å². The van der Waals surface area contributed by atoms with Crippen LogP contribution in [0, 0.1) is 11.7 Å². The van der Waals surface area contributed by atoms with Gasteiger partial charge in [0.1, 0.15) is 11.6 Å². The van der Waals surface area contributed by atoms with Crippen molar-refractivity contribution in [1.82, 2.24) is 15.5 Å². The number of aliphatic hydroxyl groups is 2. The molecular formula is C25H37FN4O5. The Hall–Kier alpha value is -2.72. The highest BCUT2D eigenvalue weighted by molar-refractivity contribution is 5.83. The minimum Gasteiger partial charge on any atom is -0.493 e. The van der Waals surface area contributed by atoms with Gasteiger partial charge in [0, 0.05) is 37.2 Å². The SMILES string of the molecule is CC(C)c1noc(N2CCC(CCCOc3ccc(C(C)C(=O)NC[C@H](O)CO)c(F)c3)CC2)n1. The molecule has 1 fully saturated rings. The first-order valence-electron chi connectivity index (χ1n) is 12.4. The summed E-state index contributed by atoms with van der Waals surface area (Å²) in [6.45, 7) is 7.42. The van der Waals surface area contributed by atoms with E-state index in [9.17, 15) is 14.3 Å². The standard InChI is InChI=1S/C25H37FN4O5/c1-16(2)23-28-25(35-29-23)30-10-8-18(9-11-30)5-4-12-34-20-6-7-21(22(26)13-20)17(3)24(33)27-14-19(32)15-31/h6-7,13,16-19,31-32H,4-5,8-12,14-15H2,1-3H3,(H,27,33)/t17?,19-/m0/s1. The number of anilines is 1. The van der Waals surface area contributed by atoms with E-state index in [4.69, 9.17) is 14.4 Å². The summed E-state index contributed by atoms with van der Waals surface area (Å²) in [5, 5.41) is 24.7. The van der Waals surface area contributed by atoms with Gasteiger partial charge in [0.25, 0.3) is 0 Å². The number of aliphatic hydroxyl groups excluding tert-OH is 2. The number of aromatic nitrogens is 2. The quantitative estimate of drug-likeness (QED) is 0.387. The molecule has 35 heavy (non-hydrogen) atoms. The van der Waals surface area contributed by atoms with Gasteiger partial charge in [-0.15, -0.1) is 0 Å². The lowest BCUT2D eigenvalue weighted by molar-refractivity contribution is -0.122. The van der Waals surface area contributed by atoms with Crippen molar-refractivity contribution < 1.29 is 28.7 Å². The van der Waals surface area contributed by atoms with Crippen LogP contribution < -0.4 is 15.0 Å². The van der Waals surface area contributed by atoms with Gasteiger partial charge < -0.3 is 29.7 Å². The highest BCUT2D eigenvalue weighted by Gasteiger charge is 2.24. The summed E-state index contributed by atoms with van der Waals surface area (Å²) >= 11 is 0. The van der Waals surface area contributed by atoms with Crippen LogP contribution in [0.5, 0.6) is 5.75 Å². The van der Waals surface area contributed by atoms with E-state index < -0.39 is 30.4 Å². The topological polar surface area (TPSA) is 121 Å². The predicted octanol–water partition coefficient (Wildman–Crippen LogP) is 2.98. The maximum absolute atomic E-state index is 14.6. The minimum absolute atomic E-state index is 0.0858. The molecule has 1 amide bonds. The predicted molar refractivity (Wildman–Crippen MR) is 129 cm³/mol. The molecule has 0 radical (unpaired) electrons. The van der Waals surface area contributed by atoms with Crippen molar-refractivity contribution in [2.75, 3.05) is 37.7 Å². The number of hydrogen-bond acceptors (Lipinski definition) is 8. The maximum atomic E-state index is 14.6. The van der Waals surface area contributed by atoms with Crippen LogP contribution in [0.1, 0.15) is 69.7 Å². The Morgan fingerprint density at radius 3 is 2.69 bits per heavy atom. The molecule has 1 aromatic carbocycles. The lowest BCUT2D eigenvalue weighted by Crippen LogP contribution is -2.36. The number of carbonyl (C=O) groups is 1. The fourth-order valence-electron chi connectivity index (χ4n) is 4.09. The van der Waals surface area contributed by atoms with Gasteiger partial charge in [-0.05, 0) is 44.6 Å². The van der Waals surface area contributed by atoms with Crippen molar-refractivity contribution in [1.29, 1.82) is 0 Å². The normalized spacial score (nSPS) is 16.4. The van der Waals surface area contributed by atoms with Gasteiger partial charge in [-0.1, -0.05) is 25.1 Å². The van der Waals surface area contributed by atoms with Crippen molar-refractivity contribution in [3.05, 3.63) is 35.4 Å². The molecule has 0 spiro atoms. The lowest BCUT2D eigenvalue weighted by atomic mass is 9.92. The van der Waals surface area contributed by atoms with Crippen LogP contribution in [0.3, 0.4) is 0 Å². The summed E-state index contributed by atoms with van der Waals surface area (Å²) in [6.07, 6.45) is 2.98. The van der Waals surface area contributed by atoms with E-state index in [2.05, 4.69) is 20.4 Å². The number of carbonyl (C=O) groups excluding carboxylic acids is 1. The van der Waals surface area contributed by atoms with Crippen molar-refractivity contribution >= 4 is 11.9 Å². The second kappa shape index (κ2) is 12.8. The van der Waals surface area contributed by atoms with Crippen LogP contribution in [-0.2, 0) is 4.79 Å². The molecule has 1 aliphatic rings. The lowest BCUT2D eigenvalue weighted by Gasteiger charge is -2.30. The minimum atomic E-state index is -1.04. The first-order chi connectivity index (χ1) is 16.8. The number of nitrogens with zero attached hydrogens (tertiary/aromatic N) is 3. The van der Waals surface area contributed by atoms with E-state index >= 15 is 0 Å². The molecule has 194 valence electrons. The maximum Gasteiger partial charge on any atom is 0.324 e. The number of nitrogens with one attached hydrogen (secondary N) is 1. The molecule has 1 unspecified atom stereocenters. The molecule has 1 saturated heterocycles. The van der Waals surface area contributed by atoms with Crippen LogP contribution in [0.15, 0.2) is 22.7 Å². The molecule has 0 saturated carbocycles. The third kappa shape index (κ3) is 7.63. The average Bonchev–Trinajstić information content (AvgIpc) is 3.36. The molecule has 10 heteroatoms. The molecule has 9 nitrogen and oxygen atoms in total. The van der Waals surface area contributed by atoms with Gasteiger partial charge in [0.15, 0.2) is 5.82 Å². The van der Waals surface area contributed by atoms with Crippen molar-refractivity contribution in [3.8, 4) is 5.75 Å². The van der Waals surface area contributed by atoms with E-state index in [1.807, 2.05) is 13.8 Å². The molecule has 2 atom stereocenters. The molecule has 0 aliphatic carbocycles. The Bertz CT molecular complexity index is 946. The second-order valence-electron chi connectivity index (χ2n) is 9.50. The average molecular weight is 493 g/mol. The molecule has 1 aromatic heterocycles. The smallest absolute Gasteiger partial charge is 0.324 e. The zero-order valence-corrected chi connectivity index (χ0v) is 20.7. The fraction of sp³-hybridized carbons (Fsp3) is 0.640. The Balaban J connectivity index is 1.37. The van der Waals surface area contributed by atoms with Crippen LogP contribution >= 0.6 is 0 Å². The fourth-order valence-corrected chi connectivity index (χ4v) is 4.09. The molecule has 3 rings (SSSR count). The van der Waals surface area contributed by atoms with E-state index in [1.165, 1.54) is 6.07 Å². The van der Waals surface area contributed by atoms with Crippen molar-refractivity contribution in [3.63, 3.8) is 0 Å². The molecule has 1 aliphatic heterocycles. The number of halogens is 1. The zero-order valence-electron chi connectivity index (χ0n) is 20.7. The zero-order chi connectivity index (χ0) is 25.4. The van der Waals surface area contributed by atoms with Gasteiger partial charge in [-0.2, -0.15) is 4.98 Å². The number of hydrogen-bond donors (Lipinski definition) is 3. The van der Waals surface area contributed by atoms with Gasteiger partial charge in [0.05, 0.1) is 25.2 Å². The number of piperidine rings is 1. The molecule has 3 N–H and O–H groups in total. The summed E-state index contributed by atoms with van der Waals surface area (Å²) in [7, 11) is 0. The number of ether oxygens (including phenoxy) is 1. The third-order valence-corrected chi connectivity index (χ3v) is 6.41. The first kappa shape index (κ1) is 26.9. The van der Waals surface area contributed by atoms with Gasteiger partial charge in [0.2, 0.25) is 5.91 Å². The summed E-state index contributed by atoms with van der Waals surface area (Å²) in [5.74, 6) is 0.351. The van der Waals surface area contributed by atoms with Crippen molar-refractivity contribution in [2.24, 2.45) is 5.92 Å². The summed E-state index contributed by atoms with van der Waals surface area (Å²) in [4.78, 5) is 18.8. The van der Waals surface area contributed by atoms with Gasteiger partial charge in [-0.25, -0.2) is 4.39 Å². The number of benzene rings is 1. The highest BCUT2D eigenvalue weighted by atomic mass is 19.1. The van der Waals surface area contributed by atoms with E-state index in [0.717, 1.165) is 44.6 Å². The summed E-state index contributed by atoms with van der Waals surface area (Å²) in [5.41, 5.74) is 0.252. The van der Waals surface area contributed by atoms with E-state index in [-0.39, 0.29) is 18.0 Å². The summed E-state index contributed by atoms with van der Waals surface area (Å²) < 4.78 is 25.7. The summed E-state index contributed by atoms with van der Waals surface area (Å²) in [6, 6.07) is 5.13. The van der Waals surface area contributed by atoms with Crippen LogP contribution in [0.2, 0.25) is 0 Å². The molecule has 0 bridgehead atoms. The monoisotopic (exact) mass is 492 g/mol. The van der Waals surface area contributed by atoms with Gasteiger partial charge >= 0.3 is 6.01 Å². The van der Waals surface area contributed by atoms with E-state index in [0.29, 0.717) is 24.3 Å². The third-order valence-electron chi connectivity index (χ3n) is 6.41. The second-order valence-corrected chi connectivity index (χ2v) is 9.50. The highest BCUT2D eigenvalue weighted by Crippen LogP contribution is 2.27. The molecule has 2 heterocycles. The van der Waals surface area contributed by atoms with Crippen LogP contribution in [0.25, 0.3) is 0 Å². The molecular weight excluding hydrogens is 455 g/mol. The Morgan fingerprint density at radius 2 is 2.06 bits per heavy atom. The number of amides is 1. The first-order valence-corrected chi connectivity index (χ1v) is 12.4. The molecule has 2 aromatic rings. The Morgan fingerprint density at radius 1 is 1.31 bits per heavy atom.